The van der Waals surface area contributed by atoms with Crippen molar-refractivity contribution in [3.63, 3.8) is 0 Å². The minimum Gasteiger partial charge on any atom is -0.427 e. The van der Waals surface area contributed by atoms with Crippen LogP contribution in [0.4, 0.5) is 15.3 Å². The molecule has 2 unspecified atom stereocenters. The monoisotopic (exact) mass is 448 g/mol. The highest BCUT2D eigenvalue weighted by Crippen LogP contribution is 2.46. The maximum atomic E-state index is 13.4. The number of fused-ring (bicyclic) bond motifs is 2. The molecule has 0 saturated carbocycles. The van der Waals surface area contributed by atoms with E-state index in [-0.39, 0.29) is 24.5 Å². The van der Waals surface area contributed by atoms with Gasteiger partial charge < -0.3 is 20.3 Å². The van der Waals surface area contributed by atoms with Crippen LogP contribution in [0.5, 0.6) is 0 Å². The molecule has 3 aliphatic rings. The van der Waals surface area contributed by atoms with E-state index in [0.29, 0.717) is 30.6 Å². The summed E-state index contributed by atoms with van der Waals surface area (Å²) in [6, 6.07) is 14.5. The fourth-order valence-electron chi connectivity index (χ4n) is 4.86. The van der Waals surface area contributed by atoms with E-state index in [0.717, 1.165) is 22.4 Å². The maximum absolute atomic E-state index is 13.4. The number of ether oxygens (including phenoxy) is 1. The normalized spacial score (nSPS) is 23.2. The van der Waals surface area contributed by atoms with Gasteiger partial charge in [0, 0.05) is 31.3 Å². The van der Waals surface area contributed by atoms with Crippen molar-refractivity contribution in [2.45, 2.75) is 30.9 Å². The molecule has 2 saturated heterocycles. The molecule has 0 bridgehead atoms. The number of nitrogens with one attached hydrogen (secondary N) is 2. The SMILES string of the molecule is CNC(=O)Nc1ccc2c(c1)CCC21OC(=O)N(CC(=O)N2CCC2c2ccccc2)C1=O. The van der Waals surface area contributed by atoms with Crippen LogP contribution in [-0.2, 0) is 26.3 Å². The van der Waals surface area contributed by atoms with Gasteiger partial charge in [0.15, 0.2) is 0 Å². The van der Waals surface area contributed by atoms with E-state index in [1.54, 1.807) is 23.1 Å². The number of likely N-dealkylation sites (tertiary alicyclic amines) is 1. The van der Waals surface area contributed by atoms with E-state index in [4.69, 9.17) is 4.74 Å². The van der Waals surface area contributed by atoms with Gasteiger partial charge in [-0.05, 0) is 36.1 Å². The zero-order chi connectivity index (χ0) is 23.2. The highest BCUT2D eigenvalue weighted by molar-refractivity contribution is 6.06. The average molecular weight is 448 g/mol. The number of carbonyl (C=O) groups is 4. The number of carbonyl (C=O) groups excluding carboxylic acids is 4. The number of amides is 5. The Morgan fingerprint density at radius 2 is 1.94 bits per heavy atom. The van der Waals surface area contributed by atoms with Gasteiger partial charge >= 0.3 is 12.1 Å². The van der Waals surface area contributed by atoms with Gasteiger partial charge in [-0.1, -0.05) is 36.4 Å². The molecule has 2 heterocycles. The molecule has 2 aliphatic heterocycles. The summed E-state index contributed by atoms with van der Waals surface area (Å²) < 4.78 is 5.61. The molecular weight excluding hydrogens is 424 g/mol. The van der Waals surface area contributed by atoms with Crippen LogP contribution in [0.2, 0.25) is 0 Å². The number of benzene rings is 2. The van der Waals surface area contributed by atoms with Gasteiger partial charge in [-0.2, -0.15) is 0 Å². The van der Waals surface area contributed by atoms with E-state index in [1.807, 2.05) is 30.3 Å². The topological polar surface area (TPSA) is 108 Å². The summed E-state index contributed by atoms with van der Waals surface area (Å²) in [6.45, 7) is 0.249. The summed E-state index contributed by atoms with van der Waals surface area (Å²) in [4.78, 5) is 53.2. The van der Waals surface area contributed by atoms with Crippen LogP contribution in [0.25, 0.3) is 0 Å². The van der Waals surface area contributed by atoms with Gasteiger partial charge in [0.1, 0.15) is 6.54 Å². The zero-order valence-corrected chi connectivity index (χ0v) is 18.2. The molecule has 170 valence electrons. The van der Waals surface area contributed by atoms with E-state index in [1.165, 1.54) is 7.05 Å². The van der Waals surface area contributed by atoms with Crippen LogP contribution >= 0.6 is 0 Å². The summed E-state index contributed by atoms with van der Waals surface area (Å²) in [6.07, 6.45) is 0.863. The summed E-state index contributed by atoms with van der Waals surface area (Å²) in [5.74, 6) is -0.788. The Bertz CT molecular complexity index is 1150. The zero-order valence-electron chi connectivity index (χ0n) is 18.2. The molecule has 2 atom stereocenters. The van der Waals surface area contributed by atoms with Crippen molar-refractivity contribution in [2.24, 2.45) is 0 Å². The second-order valence-corrected chi connectivity index (χ2v) is 8.46. The Hall–Kier alpha value is -3.88. The standard InChI is InChI=1S/C24H24N4O5/c1-25-22(31)26-17-7-8-18-16(13-17)9-11-24(18)21(30)28(23(32)33-24)14-20(29)27-12-10-19(27)15-5-3-2-4-6-15/h2-8,13,19H,9-12,14H2,1H3,(H2,25,26,31). The molecule has 0 radical (unpaired) electrons. The number of hydrogen-bond acceptors (Lipinski definition) is 5. The Kier molecular flexibility index (Phi) is 5.03. The second-order valence-electron chi connectivity index (χ2n) is 8.46. The van der Waals surface area contributed by atoms with E-state index < -0.39 is 17.6 Å². The van der Waals surface area contributed by atoms with Gasteiger partial charge in [0.25, 0.3) is 5.91 Å². The first kappa shape index (κ1) is 21.0. The molecule has 9 nitrogen and oxygen atoms in total. The number of anilines is 1. The molecule has 1 aliphatic carbocycles. The number of hydrogen-bond donors (Lipinski definition) is 2. The van der Waals surface area contributed by atoms with Crippen molar-refractivity contribution < 1.29 is 23.9 Å². The van der Waals surface area contributed by atoms with Crippen molar-refractivity contribution >= 4 is 29.6 Å². The molecule has 33 heavy (non-hydrogen) atoms. The number of rotatable bonds is 4. The number of imide groups is 1. The highest BCUT2D eigenvalue weighted by atomic mass is 16.6. The molecule has 2 aromatic carbocycles. The molecule has 5 amide bonds. The number of nitrogens with zero attached hydrogens (tertiary/aromatic N) is 2. The third-order valence-corrected chi connectivity index (χ3v) is 6.66. The molecular formula is C24H24N4O5. The molecule has 9 heteroatoms. The van der Waals surface area contributed by atoms with Crippen molar-refractivity contribution in [1.29, 1.82) is 0 Å². The van der Waals surface area contributed by atoms with Gasteiger partial charge in [0.2, 0.25) is 11.5 Å². The van der Waals surface area contributed by atoms with Crippen LogP contribution in [-0.4, -0.2) is 53.9 Å². The van der Waals surface area contributed by atoms with Crippen LogP contribution in [0, 0.1) is 0 Å². The molecule has 0 aromatic heterocycles. The van der Waals surface area contributed by atoms with Gasteiger partial charge in [-0.3, -0.25) is 9.59 Å². The lowest BCUT2D eigenvalue weighted by atomic mass is 9.94. The second kappa shape index (κ2) is 7.91. The third kappa shape index (κ3) is 3.40. The fraction of sp³-hybridized carbons (Fsp3) is 0.333. The summed E-state index contributed by atoms with van der Waals surface area (Å²) >= 11 is 0. The third-order valence-electron chi connectivity index (χ3n) is 6.66. The van der Waals surface area contributed by atoms with E-state index in [2.05, 4.69) is 10.6 Å². The lowest BCUT2D eigenvalue weighted by molar-refractivity contribution is -0.145. The Balaban J connectivity index is 1.32. The van der Waals surface area contributed by atoms with Gasteiger partial charge in [-0.25, -0.2) is 14.5 Å². The minimum atomic E-state index is -1.41. The fourth-order valence-corrected chi connectivity index (χ4v) is 4.86. The Morgan fingerprint density at radius 1 is 1.15 bits per heavy atom. The molecule has 2 N–H and O–H groups in total. The predicted molar refractivity (Wildman–Crippen MR) is 118 cm³/mol. The summed E-state index contributed by atoms with van der Waals surface area (Å²) in [7, 11) is 1.52. The Labute approximate surface area is 190 Å². The van der Waals surface area contributed by atoms with Crippen molar-refractivity contribution in [2.75, 3.05) is 25.5 Å². The molecule has 1 spiro atoms. The van der Waals surface area contributed by atoms with Crippen molar-refractivity contribution in [1.82, 2.24) is 15.1 Å². The maximum Gasteiger partial charge on any atom is 0.418 e. The molecule has 2 aromatic rings. The highest BCUT2D eigenvalue weighted by Gasteiger charge is 2.58. The van der Waals surface area contributed by atoms with Crippen LogP contribution < -0.4 is 10.6 Å². The predicted octanol–water partition coefficient (Wildman–Crippen LogP) is 2.53. The largest absolute Gasteiger partial charge is 0.427 e. The average Bonchev–Trinajstić information content (AvgIpc) is 3.26. The summed E-state index contributed by atoms with van der Waals surface area (Å²) in [5, 5.41) is 5.18. The summed E-state index contributed by atoms with van der Waals surface area (Å²) in [5.41, 5.74) is 1.63. The van der Waals surface area contributed by atoms with Gasteiger partial charge in [-0.15, -0.1) is 0 Å². The lowest BCUT2D eigenvalue weighted by Crippen LogP contribution is -2.50. The first-order valence-electron chi connectivity index (χ1n) is 10.9. The first-order valence-corrected chi connectivity index (χ1v) is 10.9. The number of aryl methyl sites for hydroxylation is 1. The van der Waals surface area contributed by atoms with Crippen molar-refractivity contribution in [3.8, 4) is 0 Å². The van der Waals surface area contributed by atoms with Gasteiger partial charge in [0.05, 0.1) is 6.04 Å². The van der Waals surface area contributed by atoms with E-state index >= 15 is 0 Å². The smallest absolute Gasteiger partial charge is 0.418 e. The molecule has 2 fully saturated rings. The number of urea groups is 1. The van der Waals surface area contributed by atoms with Crippen LogP contribution in [0.3, 0.4) is 0 Å². The van der Waals surface area contributed by atoms with Crippen LogP contribution in [0.1, 0.15) is 35.6 Å². The first-order chi connectivity index (χ1) is 15.9. The van der Waals surface area contributed by atoms with Crippen molar-refractivity contribution in [3.05, 3.63) is 65.2 Å². The quantitative estimate of drug-likeness (QED) is 0.747. The Morgan fingerprint density at radius 3 is 2.64 bits per heavy atom. The lowest BCUT2D eigenvalue weighted by Gasteiger charge is -2.41. The van der Waals surface area contributed by atoms with E-state index in [9.17, 15) is 19.2 Å². The van der Waals surface area contributed by atoms with Crippen LogP contribution in [0.15, 0.2) is 48.5 Å². The molecule has 5 rings (SSSR count). The minimum absolute atomic E-state index is 0.0418.